The van der Waals surface area contributed by atoms with E-state index in [9.17, 15) is 4.79 Å². The quantitative estimate of drug-likeness (QED) is 0.416. The smallest absolute Gasteiger partial charge is 0.293 e. The highest BCUT2D eigenvalue weighted by atomic mass is 35.5. The van der Waals surface area contributed by atoms with Crippen LogP contribution in [-0.2, 0) is 0 Å². The molecule has 1 fully saturated rings. The molecule has 178 valence electrons. The largest absolute Gasteiger partial charge is 0.451 e. The second kappa shape index (κ2) is 10.8. The van der Waals surface area contributed by atoms with Gasteiger partial charge in [0, 0.05) is 42.5 Å². The maximum absolute atomic E-state index is 12.6. The first-order chi connectivity index (χ1) is 16.3. The van der Waals surface area contributed by atoms with Crippen molar-refractivity contribution in [3.8, 4) is 11.3 Å². The number of piperazine rings is 1. The number of anilines is 2. The molecule has 6 nitrogen and oxygen atoms in total. The number of nitrogens with zero attached hydrogens (tertiary/aromatic N) is 2. The van der Waals surface area contributed by atoms with E-state index in [0.29, 0.717) is 21.5 Å². The van der Waals surface area contributed by atoms with Crippen LogP contribution in [0.25, 0.3) is 11.3 Å². The maximum Gasteiger partial charge on any atom is 0.293 e. The van der Waals surface area contributed by atoms with E-state index >= 15 is 0 Å². The Morgan fingerprint density at radius 1 is 1.03 bits per heavy atom. The standard InChI is InChI=1S/C25H26Cl2N4O2S/c1-3-30-10-12-31(13-11-30)21-7-6-18(15-20(21)27)28-25(34)29-24(32)23-9-8-22(33-23)17-5-4-16(2)19(26)14-17/h4-9,14-15H,3,10-13H2,1-2H3,(H2,28,29,32,34). The zero-order valence-electron chi connectivity index (χ0n) is 19.0. The van der Waals surface area contributed by atoms with Crippen LogP contribution >= 0.6 is 35.4 Å². The molecule has 1 aliphatic rings. The molecule has 1 amide bonds. The van der Waals surface area contributed by atoms with E-state index in [-0.39, 0.29) is 10.9 Å². The summed E-state index contributed by atoms with van der Waals surface area (Å²) in [7, 11) is 0. The molecule has 3 aromatic rings. The van der Waals surface area contributed by atoms with Gasteiger partial charge in [-0.25, -0.2) is 0 Å². The molecule has 34 heavy (non-hydrogen) atoms. The number of carbonyl (C=O) groups is 1. The Labute approximate surface area is 214 Å². The Hall–Kier alpha value is -2.58. The summed E-state index contributed by atoms with van der Waals surface area (Å²) in [5.74, 6) is 0.252. The number of benzene rings is 2. The van der Waals surface area contributed by atoms with Crippen LogP contribution in [0.3, 0.4) is 0 Å². The van der Waals surface area contributed by atoms with E-state index in [0.717, 1.165) is 49.5 Å². The van der Waals surface area contributed by atoms with Gasteiger partial charge in [0.1, 0.15) is 5.76 Å². The number of hydrogen-bond donors (Lipinski definition) is 2. The monoisotopic (exact) mass is 516 g/mol. The fourth-order valence-electron chi connectivity index (χ4n) is 3.83. The molecule has 4 rings (SSSR count). The van der Waals surface area contributed by atoms with Crippen molar-refractivity contribution in [2.75, 3.05) is 42.9 Å². The molecular formula is C25H26Cl2N4O2S. The Kier molecular flexibility index (Phi) is 7.78. The molecule has 0 saturated carbocycles. The Bertz CT molecular complexity index is 1210. The van der Waals surface area contributed by atoms with E-state index in [1.54, 1.807) is 18.2 Å². The zero-order chi connectivity index (χ0) is 24.2. The van der Waals surface area contributed by atoms with Crippen LogP contribution in [-0.4, -0.2) is 48.6 Å². The first-order valence-corrected chi connectivity index (χ1v) is 12.3. The number of carbonyl (C=O) groups excluding carboxylic acids is 1. The average Bonchev–Trinajstić information content (AvgIpc) is 3.32. The molecule has 0 aliphatic carbocycles. The molecule has 0 spiro atoms. The fourth-order valence-corrected chi connectivity index (χ4v) is 4.53. The summed E-state index contributed by atoms with van der Waals surface area (Å²) < 4.78 is 5.71. The summed E-state index contributed by atoms with van der Waals surface area (Å²) in [6.45, 7) is 9.09. The molecular weight excluding hydrogens is 491 g/mol. The van der Waals surface area contributed by atoms with Crippen molar-refractivity contribution in [3.05, 3.63) is 69.9 Å². The van der Waals surface area contributed by atoms with Crippen molar-refractivity contribution in [2.24, 2.45) is 0 Å². The highest BCUT2D eigenvalue weighted by molar-refractivity contribution is 7.80. The molecule has 2 aromatic carbocycles. The molecule has 0 bridgehead atoms. The van der Waals surface area contributed by atoms with Crippen LogP contribution < -0.4 is 15.5 Å². The lowest BCUT2D eigenvalue weighted by atomic mass is 10.1. The van der Waals surface area contributed by atoms with Crippen molar-refractivity contribution >= 4 is 57.8 Å². The van der Waals surface area contributed by atoms with E-state index in [4.69, 9.17) is 39.8 Å². The van der Waals surface area contributed by atoms with E-state index in [2.05, 4.69) is 27.4 Å². The zero-order valence-corrected chi connectivity index (χ0v) is 21.4. The summed E-state index contributed by atoms with van der Waals surface area (Å²) in [6.07, 6.45) is 0. The minimum Gasteiger partial charge on any atom is -0.451 e. The summed E-state index contributed by atoms with van der Waals surface area (Å²) in [5, 5.41) is 7.08. The van der Waals surface area contributed by atoms with Crippen molar-refractivity contribution in [1.29, 1.82) is 0 Å². The first-order valence-electron chi connectivity index (χ1n) is 11.1. The molecule has 1 saturated heterocycles. The van der Waals surface area contributed by atoms with Gasteiger partial charge in [-0.3, -0.25) is 10.1 Å². The van der Waals surface area contributed by atoms with Crippen molar-refractivity contribution < 1.29 is 9.21 Å². The van der Waals surface area contributed by atoms with Crippen molar-refractivity contribution in [2.45, 2.75) is 13.8 Å². The Balaban J connectivity index is 1.35. The number of aryl methyl sites for hydroxylation is 1. The Morgan fingerprint density at radius 3 is 2.47 bits per heavy atom. The molecule has 1 aliphatic heterocycles. The van der Waals surface area contributed by atoms with Gasteiger partial charge in [-0.2, -0.15) is 0 Å². The fraction of sp³-hybridized carbons (Fsp3) is 0.280. The van der Waals surface area contributed by atoms with Gasteiger partial charge in [-0.1, -0.05) is 42.3 Å². The third-order valence-corrected chi connectivity index (χ3v) is 6.79. The summed E-state index contributed by atoms with van der Waals surface area (Å²) >= 11 is 18.1. The molecule has 2 N–H and O–H groups in total. The molecule has 9 heteroatoms. The minimum absolute atomic E-state index is 0.149. The second-order valence-corrected chi connectivity index (χ2v) is 9.35. The minimum atomic E-state index is -0.446. The van der Waals surface area contributed by atoms with Gasteiger partial charge in [-0.15, -0.1) is 0 Å². The number of rotatable bonds is 5. The lowest BCUT2D eigenvalue weighted by Crippen LogP contribution is -2.46. The Morgan fingerprint density at radius 2 is 1.79 bits per heavy atom. The number of furan rings is 1. The predicted molar refractivity (Wildman–Crippen MR) is 143 cm³/mol. The van der Waals surface area contributed by atoms with Gasteiger partial charge >= 0.3 is 0 Å². The number of nitrogens with one attached hydrogen (secondary N) is 2. The van der Waals surface area contributed by atoms with Crippen LogP contribution in [0.4, 0.5) is 11.4 Å². The summed E-state index contributed by atoms with van der Waals surface area (Å²) in [6, 6.07) is 14.6. The molecule has 1 aromatic heterocycles. The average molecular weight is 517 g/mol. The van der Waals surface area contributed by atoms with Crippen LogP contribution in [0.2, 0.25) is 10.0 Å². The number of halogens is 2. The normalized spacial score (nSPS) is 14.2. The predicted octanol–water partition coefficient (Wildman–Crippen LogP) is 5.83. The summed E-state index contributed by atoms with van der Waals surface area (Å²) in [4.78, 5) is 17.3. The maximum atomic E-state index is 12.6. The van der Waals surface area contributed by atoms with E-state index in [1.807, 2.05) is 37.3 Å². The highest BCUT2D eigenvalue weighted by Crippen LogP contribution is 2.30. The second-order valence-electron chi connectivity index (χ2n) is 8.12. The third-order valence-electron chi connectivity index (χ3n) is 5.88. The van der Waals surface area contributed by atoms with E-state index in [1.165, 1.54) is 0 Å². The number of thiocarbonyl (C=S) groups is 1. The SMILES string of the molecule is CCN1CCN(c2ccc(NC(=S)NC(=O)c3ccc(-c4ccc(C)c(Cl)c4)o3)cc2Cl)CC1. The lowest BCUT2D eigenvalue weighted by molar-refractivity contribution is 0.0951. The van der Waals surface area contributed by atoms with Gasteiger partial charge < -0.3 is 19.5 Å². The van der Waals surface area contributed by atoms with Crippen molar-refractivity contribution in [1.82, 2.24) is 10.2 Å². The third kappa shape index (κ3) is 5.73. The topological polar surface area (TPSA) is 60.8 Å². The van der Waals surface area contributed by atoms with Crippen LogP contribution in [0.5, 0.6) is 0 Å². The van der Waals surface area contributed by atoms with Gasteiger partial charge in [-0.05, 0) is 67.6 Å². The van der Waals surface area contributed by atoms with E-state index < -0.39 is 5.91 Å². The van der Waals surface area contributed by atoms with Gasteiger partial charge in [0.15, 0.2) is 10.9 Å². The van der Waals surface area contributed by atoms with Gasteiger partial charge in [0.2, 0.25) is 0 Å². The number of hydrogen-bond acceptors (Lipinski definition) is 5. The summed E-state index contributed by atoms with van der Waals surface area (Å²) in [5.41, 5.74) is 3.46. The molecule has 0 unspecified atom stereocenters. The van der Waals surface area contributed by atoms with Gasteiger partial charge in [0.05, 0.1) is 10.7 Å². The molecule has 0 radical (unpaired) electrons. The molecule has 2 heterocycles. The number of amides is 1. The highest BCUT2D eigenvalue weighted by Gasteiger charge is 2.19. The van der Waals surface area contributed by atoms with Gasteiger partial charge in [0.25, 0.3) is 5.91 Å². The molecule has 0 atom stereocenters. The number of likely N-dealkylation sites (N-methyl/N-ethyl adjacent to an activating group) is 1. The first kappa shape index (κ1) is 24.5. The van der Waals surface area contributed by atoms with Crippen LogP contribution in [0.1, 0.15) is 23.0 Å². The lowest BCUT2D eigenvalue weighted by Gasteiger charge is -2.36. The van der Waals surface area contributed by atoms with Crippen LogP contribution in [0, 0.1) is 6.92 Å². The van der Waals surface area contributed by atoms with Crippen molar-refractivity contribution in [3.63, 3.8) is 0 Å². The van der Waals surface area contributed by atoms with Crippen LogP contribution in [0.15, 0.2) is 52.9 Å².